The molecule has 0 nitrogen and oxygen atoms in total. The van der Waals surface area contributed by atoms with Crippen molar-refractivity contribution in [1.29, 1.82) is 0 Å². The average molecular weight is 242 g/mol. The fourth-order valence-corrected chi connectivity index (χ4v) is 2.12. The van der Waals surface area contributed by atoms with Gasteiger partial charge in [-0.2, -0.15) is 0 Å². The monoisotopic (exact) mass is 242 g/mol. The van der Waals surface area contributed by atoms with Crippen LogP contribution in [0, 0.1) is 0 Å². The van der Waals surface area contributed by atoms with E-state index in [4.69, 9.17) is 0 Å². The molecule has 0 fully saturated rings. The third-order valence-electron chi connectivity index (χ3n) is 3.13. The van der Waals surface area contributed by atoms with E-state index in [0.29, 0.717) is 0 Å². The van der Waals surface area contributed by atoms with Crippen LogP contribution in [0.2, 0.25) is 0 Å². The van der Waals surface area contributed by atoms with E-state index < -0.39 is 0 Å². The highest BCUT2D eigenvalue weighted by Gasteiger charge is 2.00. The normalized spacial score (nSPS) is 13.7. The van der Waals surface area contributed by atoms with Crippen molar-refractivity contribution in [3.8, 4) is 0 Å². The van der Waals surface area contributed by atoms with Crippen LogP contribution in [0.5, 0.6) is 0 Å². The summed E-state index contributed by atoms with van der Waals surface area (Å²) in [5, 5.41) is 0. The Balaban J connectivity index is 1.99. The first-order chi connectivity index (χ1) is 9.43. The van der Waals surface area contributed by atoms with Crippen LogP contribution in [0.1, 0.15) is 11.1 Å². The van der Waals surface area contributed by atoms with Crippen molar-refractivity contribution in [3.63, 3.8) is 0 Å². The molecule has 0 saturated carbocycles. The van der Waals surface area contributed by atoms with E-state index in [1.165, 1.54) is 22.3 Å². The first kappa shape index (κ1) is 11.5. The molecule has 0 radical (unpaired) electrons. The van der Waals surface area contributed by atoms with Gasteiger partial charge in [-0.05, 0) is 34.4 Å². The summed E-state index contributed by atoms with van der Waals surface area (Å²) in [5.74, 6) is 0. The molecule has 3 rings (SSSR count). The topological polar surface area (TPSA) is 0 Å². The van der Waals surface area contributed by atoms with Crippen LogP contribution in [-0.2, 0) is 0 Å². The summed E-state index contributed by atoms with van der Waals surface area (Å²) >= 11 is 0. The van der Waals surface area contributed by atoms with E-state index in [9.17, 15) is 0 Å². The Bertz CT molecular complexity index is 620. The van der Waals surface area contributed by atoms with Crippen molar-refractivity contribution in [3.05, 3.63) is 102 Å². The Morgan fingerprint density at radius 3 is 1.37 bits per heavy atom. The molecule has 1 aliphatic carbocycles. The lowest BCUT2D eigenvalue weighted by Crippen LogP contribution is -1.79. The molecule has 2 aromatic rings. The molecule has 0 aliphatic heterocycles. The van der Waals surface area contributed by atoms with E-state index in [1.54, 1.807) is 0 Å². The fourth-order valence-electron chi connectivity index (χ4n) is 2.12. The quantitative estimate of drug-likeness (QED) is 0.658. The second kappa shape index (κ2) is 5.39. The second-order valence-electron chi connectivity index (χ2n) is 4.43. The van der Waals surface area contributed by atoms with Crippen LogP contribution >= 0.6 is 0 Å². The van der Waals surface area contributed by atoms with Gasteiger partial charge in [0.25, 0.3) is 0 Å². The fraction of sp³-hybridized carbons (Fsp3) is 0. The van der Waals surface area contributed by atoms with Gasteiger partial charge in [0.1, 0.15) is 0 Å². The number of allylic oxidation sites excluding steroid dienone is 5. The molecule has 1 aliphatic rings. The first-order valence-electron chi connectivity index (χ1n) is 6.39. The van der Waals surface area contributed by atoms with Crippen LogP contribution < -0.4 is 0 Å². The summed E-state index contributed by atoms with van der Waals surface area (Å²) in [6, 6.07) is 20.8. The molecule has 90 valence electrons. The highest BCUT2D eigenvalue weighted by Crippen LogP contribution is 2.22. The molecule has 2 aromatic carbocycles. The molecule has 0 heteroatoms. The van der Waals surface area contributed by atoms with E-state index in [0.717, 1.165) is 0 Å². The Morgan fingerprint density at radius 2 is 0.947 bits per heavy atom. The van der Waals surface area contributed by atoms with Crippen molar-refractivity contribution in [1.82, 2.24) is 0 Å². The van der Waals surface area contributed by atoms with Gasteiger partial charge in [0.2, 0.25) is 0 Å². The van der Waals surface area contributed by atoms with Gasteiger partial charge in [0.15, 0.2) is 0 Å². The van der Waals surface area contributed by atoms with Gasteiger partial charge in [0, 0.05) is 0 Å². The van der Waals surface area contributed by atoms with Crippen LogP contribution in [0.4, 0.5) is 0 Å². The largest absolute Gasteiger partial charge is 0.120 e. The summed E-state index contributed by atoms with van der Waals surface area (Å²) in [4.78, 5) is 0. The molecule has 0 saturated heterocycles. The third kappa shape index (κ3) is 2.65. The van der Waals surface area contributed by atoms with Gasteiger partial charge < -0.3 is 0 Å². The minimum atomic E-state index is 1.18. The zero-order valence-electron chi connectivity index (χ0n) is 10.6. The lowest BCUT2D eigenvalue weighted by molar-refractivity contribution is 1.62. The lowest BCUT2D eigenvalue weighted by Gasteiger charge is -2.00. The number of hydrogen-bond acceptors (Lipinski definition) is 0. The molecular weight excluding hydrogens is 228 g/mol. The Morgan fingerprint density at radius 1 is 0.526 bits per heavy atom. The van der Waals surface area contributed by atoms with Crippen LogP contribution in [-0.4, -0.2) is 0 Å². The maximum atomic E-state index is 3.26. The highest BCUT2D eigenvalue weighted by atomic mass is 14.0. The smallest absolute Gasteiger partial charge is 0.0107 e. The zero-order chi connectivity index (χ0) is 12.9. The number of rotatable bonds is 2. The van der Waals surface area contributed by atoms with E-state index in [2.05, 4.69) is 66.4 Å². The minimum absolute atomic E-state index is 1.18. The SMILES string of the molecule is C1=CC(c2ccccc2)=CC=C(c2ccccc2)C=1. The summed E-state index contributed by atoms with van der Waals surface area (Å²) in [6.45, 7) is 0. The maximum Gasteiger partial charge on any atom is -0.0107 e. The molecular formula is C19H14. The van der Waals surface area contributed by atoms with Crippen LogP contribution in [0.15, 0.2) is 90.7 Å². The minimum Gasteiger partial charge on any atom is -0.120 e. The average Bonchev–Trinajstić information content (AvgIpc) is 2.75. The van der Waals surface area contributed by atoms with Gasteiger partial charge in [0.05, 0.1) is 0 Å². The van der Waals surface area contributed by atoms with Crippen LogP contribution in [0.25, 0.3) is 11.1 Å². The highest BCUT2D eigenvalue weighted by molar-refractivity contribution is 5.83. The van der Waals surface area contributed by atoms with Crippen molar-refractivity contribution in [2.75, 3.05) is 0 Å². The molecule has 0 atom stereocenters. The summed E-state index contributed by atoms with van der Waals surface area (Å²) in [6.07, 6.45) is 8.35. The maximum absolute atomic E-state index is 3.26. The molecule has 0 unspecified atom stereocenters. The number of hydrogen-bond donors (Lipinski definition) is 0. The number of benzene rings is 2. The molecule has 0 N–H and O–H groups in total. The van der Waals surface area contributed by atoms with E-state index in [-0.39, 0.29) is 0 Å². The van der Waals surface area contributed by atoms with Crippen molar-refractivity contribution in [2.45, 2.75) is 0 Å². The van der Waals surface area contributed by atoms with E-state index >= 15 is 0 Å². The predicted octanol–water partition coefficient (Wildman–Crippen LogP) is 4.88. The molecule has 19 heavy (non-hydrogen) atoms. The predicted molar refractivity (Wildman–Crippen MR) is 81.5 cm³/mol. The Hall–Kier alpha value is -2.56. The summed E-state index contributed by atoms with van der Waals surface area (Å²) in [7, 11) is 0. The lowest BCUT2D eigenvalue weighted by atomic mass is 10.0. The van der Waals surface area contributed by atoms with Gasteiger partial charge in [-0.15, -0.1) is 5.73 Å². The Kier molecular flexibility index (Phi) is 3.27. The molecule has 0 amide bonds. The van der Waals surface area contributed by atoms with Crippen molar-refractivity contribution >= 4 is 11.1 Å². The van der Waals surface area contributed by atoms with Crippen molar-refractivity contribution in [2.24, 2.45) is 0 Å². The second-order valence-corrected chi connectivity index (χ2v) is 4.43. The summed E-state index contributed by atoms with van der Waals surface area (Å²) in [5.41, 5.74) is 8.06. The van der Waals surface area contributed by atoms with Crippen LogP contribution in [0.3, 0.4) is 0 Å². The van der Waals surface area contributed by atoms with Crippen molar-refractivity contribution < 1.29 is 0 Å². The Labute approximate surface area is 113 Å². The molecule has 0 bridgehead atoms. The van der Waals surface area contributed by atoms with Gasteiger partial charge in [-0.3, -0.25) is 0 Å². The van der Waals surface area contributed by atoms with Gasteiger partial charge in [-0.25, -0.2) is 0 Å². The zero-order valence-corrected chi connectivity index (χ0v) is 10.6. The standard InChI is InChI=1S/C19H14/c1-3-8-16(9-4-1)18-12-7-13-19(15-14-18)17-10-5-2-6-11-17/h1-6,8-15H. The summed E-state index contributed by atoms with van der Waals surface area (Å²) < 4.78 is 0. The molecule has 0 spiro atoms. The molecule has 0 heterocycles. The van der Waals surface area contributed by atoms with Gasteiger partial charge >= 0.3 is 0 Å². The molecule has 0 aromatic heterocycles. The first-order valence-corrected chi connectivity index (χ1v) is 6.39. The third-order valence-corrected chi connectivity index (χ3v) is 3.13. The van der Waals surface area contributed by atoms with Gasteiger partial charge in [-0.1, -0.05) is 72.8 Å². The van der Waals surface area contributed by atoms with E-state index in [1.807, 2.05) is 24.3 Å².